The Balaban J connectivity index is 1.53. The predicted octanol–water partition coefficient (Wildman–Crippen LogP) is 0.260. The van der Waals surface area contributed by atoms with Crippen LogP contribution in [0.1, 0.15) is 62.6 Å². The Morgan fingerprint density at radius 3 is 2.70 bits per heavy atom. The topological polar surface area (TPSA) is 129 Å². The van der Waals surface area contributed by atoms with Crippen molar-refractivity contribution in [3.63, 3.8) is 0 Å². The summed E-state index contributed by atoms with van der Waals surface area (Å²) in [4.78, 5) is 41.2. The third-order valence-corrected chi connectivity index (χ3v) is 7.36. The van der Waals surface area contributed by atoms with Crippen LogP contribution in [0.25, 0.3) is 0 Å². The van der Waals surface area contributed by atoms with Gasteiger partial charge in [-0.05, 0) is 76.6 Å². The van der Waals surface area contributed by atoms with Gasteiger partial charge in [0.25, 0.3) is 5.91 Å². The number of aryl methyl sites for hydroxylation is 1. The molecule has 3 unspecified atom stereocenters. The number of hydrogen-bond donors (Lipinski definition) is 5. The van der Waals surface area contributed by atoms with Crippen LogP contribution in [-0.4, -0.2) is 60.1 Å². The quantitative estimate of drug-likeness (QED) is 0.404. The second kappa shape index (κ2) is 9.79. The molecule has 4 rings (SSSR count). The molecule has 33 heavy (non-hydrogen) atoms. The van der Waals surface area contributed by atoms with Crippen LogP contribution in [0.2, 0.25) is 0 Å². The SMILES string of the molecule is CN[C@@H](N)C(=O)N[C@H]1CCCNC2(C)CCC(C(=O)NC3CCCc4ccccc43)N2C1=O. The van der Waals surface area contributed by atoms with E-state index >= 15 is 0 Å². The van der Waals surface area contributed by atoms with Gasteiger partial charge < -0.3 is 21.3 Å². The number of fused-ring (bicyclic) bond motifs is 2. The van der Waals surface area contributed by atoms with E-state index in [0.29, 0.717) is 25.8 Å². The number of nitrogens with zero attached hydrogens (tertiary/aromatic N) is 1. The molecule has 3 aliphatic rings. The van der Waals surface area contributed by atoms with Gasteiger partial charge in [0.05, 0.1) is 11.7 Å². The molecule has 0 radical (unpaired) electrons. The Kier molecular flexibility index (Phi) is 7.02. The summed E-state index contributed by atoms with van der Waals surface area (Å²) in [6, 6.07) is 6.90. The number of rotatable bonds is 5. The Morgan fingerprint density at radius 1 is 1.15 bits per heavy atom. The van der Waals surface area contributed by atoms with Gasteiger partial charge in [-0.15, -0.1) is 0 Å². The maximum atomic E-state index is 13.7. The van der Waals surface area contributed by atoms with Gasteiger partial charge in [-0.25, -0.2) is 0 Å². The molecule has 1 aliphatic carbocycles. The molecule has 9 heteroatoms. The van der Waals surface area contributed by atoms with Gasteiger partial charge in [0.1, 0.15) is 18.2 Å². The fourth-order valence-corrected chi connectivity index (χ4v) is 5.48. The fourth-order valence-electron chi connectivity index (χ4n) is 5.48. The zero-order valence-corrected chi connectivity index (χ0v) is 19.5. The van der Waals surface area contributed by atoms with Gasteiger partial charge >= 0.3 is 0 Å². The van der Waals surface area contributed by atoms with Crippen molar-refractivity contribution in [3.05, 3.63) is 35.4 Å². The molecule has 180 valence electrons. The predicted molar refractivity (Wildman–Crippen MR) is 125 cm³/mol. The maximum Gasteiger partial charge on any atom is 0.252 e. The van der Waals surface area contributed by atoms with Crippen molar-refractivity contribution in [1.29, 1.82) is 0 Å². The van der Waals surface area contributed by atoms with Crippen LogP contribution in [-0.2, 0) is 20.8 Å². The van der Waals surface area contributed by atoms with E-state index in [9.17, 15) is 14.4 Å². The van der Waals surface area contributed by atoms with E-state index < -0.39 is 29.8 Å². The summed E-state index contributed by atoms with van der Waals surface area (Å²) in [6.45, 7) is 2.67. The van der Waals surface area contributed by atoms with Gasteiger partial charge in [-0.2, -0.15) is 0 Å². The van der Waals surface area contributed by atoms with E-state index in [1.165, 1.54) is 11.1 Å². The van der Waals surface area contributed by atoms with Crippen LogP contribution in [0.3, 0.4) is 0 Å². The van der Waals surface area contributed by atoms with Crippen molar-refractivity contribution < 1.29 is 14.4 Å². The van der Waals surface area contributed by atoms with Gasteiger partial charge in [-0.3, -0.25) is 25.0 Å². The lowest BCUT2D eigenvalue weighted by molar-refractivity contribution is -0.148. The molecule has 3 amide bonds. The lowest BCUT2D eigenvalue weighted by Crippen LogP contribution is -2.66. The normalized spacial score (nSPS) is 30.5. The minimum Gasteiger partial charge on any atom is -0.347 e. The summed E-state index contributed by atoms with van der Waals surface area (Å²) in [5.41, 5.74) is 7.59. The molecule has 5 atom stereocenters. The van der Waals surface area contributed by atoms with Crippen LogP contribution in [0.15, 0.2) is 24.3 Å². The van der Waals surface area contributed by atoms with Gasteiger partial charge in [-0.1, -0.05) is 24.3 Å². The number of nitrogens with one attached hydrogen (secondary N) is 4. The fraction of sp³-hybridized carbons (Fsp3) is 0.625. The van der Waals surface area contributed by atoms with Crippen molar-refractivity contribution in [1.82, 2.24) is 26.2 Å². The largest absolute Gasteiger partial charge is 0.347 e. The molecule has 9 nitrogen and oxygen atoms in total. The summed E-state index contributed by atoms with van der Waals surface area (Å²) in [7, 11) is 1.59. The molecule has 0 spiro atoms. The first-order chi connectivity index (χ1) is 15.8. The summed E-state index contributed by atoms with van der Waals surface area (Å²) >= 11 is 0. The van der Waals surface area contributed by atoms with Gasteiger partial charge in [0.15, 0.2) is 0 Å². The van der Waals surface area contributed by atoms with E-state index in [1.54, 1.807) is 11.9 Å². The molecule has 2 aliphatic heterocycles. The van der Waals surface area contributed by atoms with Crippen LogP contribution in [0.5, 0.6) is 0 Å². The van der Waals surface area contributed by atoms with E-state index in [2.05, 4.69) is 33.4 Å². The summed E-state index contributed by atoms with van der Waals surface area (Å²) in [5.74, 6) is -0.790. The highest BCUT2D eigenvalue weighted by Crippen LogP contribution is 2.35. The summed E-state index contributed by atoms with van der Waals surface area (Å²) in [5, 5.41) is 12.2. The molecule has 1 aromatic rings. The number of amides is 3. The number of likely N-dealkylation sites (N-methyl/N-ethyl adjacent to an activating group) is 1. The summed E-state index contributed by atoms with van der Waals surface area (Å²) in [6.07, 6.45) is 4.52. The first-order valence-corrected chi connectivity index (χ1v) is 12.0. The molecule has 0 saturated carbocycles. The van der Waals surface area contributed by atoms with Gasteiger partial charge in [0.2, 0.25) is 11.8 Å². The van der Waals surface area contributed by atoms with Crippen molar-refractivity contribution in [2.24, 2.45) is 5.73 Å². The number of hydrogen-bond acceptors (Lipinski definition) is 6. The molecular weight excluding hydrogens is 420 g/mol. The van der Waals surface area contributed by atoms with Crippen LogP contribution >= 0.6 is 0 Å². The molecule has 0 bridgehead atoms. The standard InChI is InChI=1S/C24H36N6O3/c1-24-13-12-19(21(31)28-17-10-5-8-15-7-3-4-9-16(15)17)30(24)23(33)18(11-6-14-27-24)29-22(32)20(25)26-2/h3-4,7,9,17-20,26-27H,5-6,8,10-14,25H2,1-2H3,(H,28,31)(H,29,32)/t17?,18-,19?,20+,24?/m0/s1. The van der Waals surface area contributed by atoms with Crippen molar-refractivity contribution in [3.8, 4) is 0 Å². The van der Waals surface area contributed by atoms with Gasteiger partial charge in [0, 0.05) is 0 Å². The van der Waals surface area contributed by atoms with E-state index in [4.69, 9.17) is 5.73 Å². The lowest BCUT2D eigenvalue weighted by atomic mass is 9.87. The third kappa shape index (κ3) is 4.76. The smallest absolute Gasteiger partial charge is 0.252 e. The molecule has 2 fully saturated rings. The average molecular weight is 457 g/mol. The van der Waals surface area contributed by atoms with E-state index in [1.807, 2.05) is 19.1 Å². The van der Waals surface area contributed by atoms with Crippen molar-refractivity contribution >= 4 is 17.7 Å². The second-order valence-electron chi connectivity index (χ2n) is 9.59. The number of benzene rings is 1. The molecule has 2 heterocycles. The zero-order valence-electron chi connectivity index (χ0n) is 19.5. The maximum absolute atomic E-state index is 13.7. The highest BCUT2D eigenvalue weighted by atomic mass is 16.2. The van der Waals surface area contributed by atoms with Crippen molar-refractivity contribution in [2.45, 2.75) is 81.8 Å². The first-order valence-electron chi connectivity index (χ1n) is 12.0. The second-order valence-corrected chi connectivity index (χ2v) is 9.59. The third-order valence-electron chi connectivity index (χ3n) is 7.36. The van der Waals surface area contributed by atoms with Crippen molar-refractivity contribution in [2.75, 3.05) is 13.6 Å². The first kappa shape index (κ1) is 23.7. The highest BCUT2D eigenvalue weighted by Gasteiger charge is 2.51. The summed E-state index contributed by atoms with van der Waals surface area (Å²) < 4.78 is 0. The average Bonchev–Trinajstić information content (AvgIpc) is 3.16. The van der Waals surface area contributed by atoms with Crippen LogP contribution in [0.4, 0.5) is 0 Å². The molecular formula is C24H36N6O3. The molecule has 1 aromatic carbocycles. The highest BCUT2D eigenvalue weighted by molar-refractivity contribution is 5.94. The van der Waals surface area contributed by atoms with Crippen LogP contribution < -0.4 is 27.0 Å². The minimum atomic E-state index is -0.892. The van der Waals surface area contributed by atoms with Crippen LogP contribution in [0, 0.1) is 0 Å². The zero-order chi connectivity index (χ0) is 23.6. The Bertz CT molecular complexity index is 908. The number of carbonyl (C=O) groups excluding carboxylic acids is 3. The Morgan fingerprint density at radius 2 is 1.91 bits per heavy atom. The van der Waals surface area contributed by atoms with E-state index in [-0.39, 0.29) is 17.9 Å². The molecule has 2 saturated heterocycles. The molecule has 0 aromatic heterocycles. The number of carbonyl (C=O) groups is 3. The monoisotopic (exact) mass is 456 g/mol. The Hall–Kier alpha value is -2.49. The minimum absolute atomic E-state index is 0.0451. The van der Waals surface area contributed by atoms with E-state index in [0.717, 1.165) is 25.7 Å². The number of nitrogens with two attached hydrogens (primary N) is 1. The molecule has 6 N–H and O–H groups in total. The Labute approximate surface area is 195 Å². The lowest BCUT2D eigenvalue weighted by Gasteiger charge is -2.43.